The predicted octanol–water partition coefficient (Wildman–Crippen LogP) is 3.52. The molecule has 2 aromatic rings. The molecule has 1 aromatic heterocycles. The molecule has 1 saturated heterocycles. The van der Waals surface area contributed by atoms with Crippen LogP contribution in [0.15, 0.2) is 36.7 Å². The number of rotatable bonds is 5. The molecule has 0 radical (unpaired) electrons. The third kappa shape index (κ3) is 4.34. The minimum absolute atomic E-state index is 0. The molecule has 1 aliphatic heterocycles. The molecule has 0 aliphatic carbocycles. The predicted molar refractivity (Wildman–Crippen MR) is 102 cm³/mol. The summed E-state index contributed by atoms with van der Waals surface area (Å²) in [5.74, 6) is -0.281. The minimum Gasteiger partial charge on any atom is -0.338 e. The molecular weight excluding hydrogens is 372 g/mol. The molecule has 0 spiro atoms. The molecule has 2 heterocycles. The fourth-order valence-corrected chi connectivity index (χ4v) is 3.52. The fourth-order valence-electron chi connectivity index (χ4n) is 3.52. The normalized spacial score (nSPS) is 16.9. The van der Waals surface area contributed by atoms with Crippen molar-refractivity contribution in [2.24, 2.45) is 0 Å². The number of nitriles is 1. The van der Waals surface area contributed by atoms with E-state index in [0.717, 1.165) is 24.4 Å². The lowest BCUT2D eigenvalue weighted by Crippen LogP contribution is -2.55. The SMILES string of the molecule is CCCC(C#N)(c1ccc(F)cc1)N1CCN(c2ncc(F)cn2)CC1.Cl. The molecule has 1 fully saturated rings. The van der Waals surface area contributed by atoms with Crippen molar-refractivity contribution in [1.82, 2.24) is 14.9 Å². The van der Waals surface area contributed by atoms with E-state index in [1.807, 2.05) is 11.8 Å². The summed E-state index contributed by atoms with van der Waals surface area (Å²) >= 11 is 0. The Morgan fingerprint density at radius 3 is 2.15 bits per heavy atom. The van der Waals surface area contributed by atoms with Crippen LogP contribution in [-0.2, 0) is 5.54 Å². The standard InChI is InChI=1S/C19H21F2N5.ClH/c1-2-7-19(14-22,15-3-5-16(20)6-4-15)26-10-8-25(9-11-26)18-23-12-17(21)13-24-18;/h3-6,12-13H,2,7-11H2,1H3;1H. The Bertz CT molecular complexity index is 770. The maximum atomic E-state index is 13.3. The second kappa shape index (κ2) is 9.07. The monoisotopic (exact) mass is 393 g/mol. The molecule has 5 nitrogen and oxygen atoms in total. The summed E-state index contributed by atoms with van der Waals surface area (Å²) in [5, 5.41) is 10.0. The lowest BCUT2D eigenvalue weighted by Gasteiger charge is -2.44. The first-order valence-corrected chi connectivity index (χ1v) is 8.74. The van der Waals surface area contributed by atoms with E-state index in [9.17, 15) is 14.0 Å². The first kappa shape index (κ1) is 21.0. The summed E-state index contributed by atoms with van der Waals surface area (Å²) in [6.07, 6.45) is 3.82. The van der Waals surface area contributed by atoms with Gasteiger partial charge in [0.05, 0.1) is 18.5 Å². The van der Waals surface area contributed by atoms with Gasteiger partial charge in [-0.25, -0.2) is 18.7 Å². The lowest BCUT2D eigenvalue weighted by molar-refractivity contribution is 0.116. The van der Waals surface area contributed by atoms with E-state index < -0.39 is 11.4 Å². The summed E-state index contributed by atoms with van der Waals surface area (Å²) in [7, 11) is 0. The summed E-state index contributed by atoms with van der Waals surface area (Å²) < 4.78 is 26.3. The first-order chi connectivity index (χ1) is 12.6. The van der Waals surface area contributed by atoms with Crippen LogP contribution < -0.4 is 4.90 Å². The van der Waals surface area contributed by atoms with Gasteiger partial charge in [-0.15, -0.1) is 12.4 Å². The van der Waals surface area contributed by atoms with Crippen LogP contribution in [0.3, 0.4) is 0 Å². The van der Waals surface area contributed by atoms with E-state index in [0.29, 0.717) is 38.5 Å². The average molecular weight is 394 g/mol. The van der Waals surface area contributed by atoms with Gasteiger partial charge in [-0.2, -0.15) is 5.26 Å². The highest BCUT2D eigenvalue weighted by Gasteiger charge is 2.40. The van der Waals surface area contributed by atoms with Gasteiger partial charge in [0, 0.05) is 26.2 Å². The Morgan fingerprint density at radius 1 is 1.04 bits per heavy atom. The van der Waals surface area contributed by atoms with Crippen molar-refractivity contribution in [3.8, 4) is 6.07 Å². The van der Waals surface area contributed by atoms with Crippen LogP contribution in [0.4, 0.5) is 14.7 Å². The van der Waals surface area contributed by atoms with Gasteiger partial charge in [0.25, 0.3) is 0 Å². The highest BCUT2D eigenvalue weighted by molar-refractivity contribution is 5.85. The Hall–Kier alpha value is -2.30. The third-order valence-electron chi connectivity index (χ3n) is 4.83. The van der Waals surface area contributed by atoms with Crippen molar-refractivity contribution in [1.29, 1.82) is 5.26 Å². The molecule has 8 heteroatoms. The number of aromatic nitrogens is 2. The fraction of sp³-hybridized carbons (Fsp3) is 0.421. The van der Waals surface area contributed by atoms with Crippen molar-refractivity contribution in [3.05, 3.63) is 53.9 Å². The summed E-state index contributed by atoms with van der Waals surface area (Å²) in [5.41, 5.74) is 0.0350. The molecule has 1 unspecified atom stereocenters. The van der Waals surface area contributed by atoms with Gasteiger partial charge in [-0.1, -0.05) is 25.5 Å². The molecule has 0 bridgehead atoms. The van der Waals surface area contributed by atoms with Gasteiger partial charge >= 0.3 is 0 Å². The highest BCUT2D eigenvalue weighted by Crippen LogP contribution is 2.34. The van der Waals surface area contributed by atoms with Gasteiger partial charge in [0.1, 0.15) is 11.4 Å². The Morgan fingerprint density at radius 2 is 1.63 bits per heavy atom. The van der Waals surface area contributed by atoms with Gasteiger partial charge < -0.3 is 4.90 Å². The van der Waals surface area contributed by atoms with Crippen molar-refractivity contribution in [2.75, 3.05) is 31.1 Å². The number of halogens is 3. The third-order valence-corrected chi connectivity index (χ3v) is 4.83. The number of piperazine rings is 1. The molecule has 3 rings (SSSR count). The molecule has 27 heavy (non-hydrogen) atoms. The van der Waals surface area contributed by atoms with E-state index >= 15 is 0 Å². The molecule has 0 amide bonds. The maximum Gasteiger partial charge on any atom is 0.225 e. The van der Waals surface area contributed by atoms with E-state index in [-0.39, 0.29) is 18.2 Å². The molecule has 0 saturated carbocycles. The van der Waals surface area contributed by atoms with Crippen molar-refractivity contribution >= 4 is 18.4 Å². The average Bonchev–Trinajstić information content (AvgIpc) is 2.68. The zero-order chi connectivity index (χ0) is 18.6. The van der Waals surface area contributed by atoms with Crippen molar-refractivity contribution < 1.29 is 8.78 Å². The Balaban J connectivity index is 0.00000261. The summed E-state index contributed by atoms with van der Waals surface area (Å²) in [6, 6.07) is 8.69. The van der Waals surface area contributed by atoms with Crippen LogP contribution in [-0.4, -0.2) is 41.0 Å². The van der Waals surface area contributed by atoms with Crippen LogP contribution in [0.5, 0.6) is 0 Å². The lowest BCUT2D eigenvalue weighted by atomic mass is 9.84. The molecule has 0 N–H and O–H groups in total. The Labute approximate surface area is 164 Å². The van der Waals surface area contributed by atoms with E-state index in [2.05, 4.69) is 20.9 Å². The van der Waals surface area contributed by atoms with E-state index in [1.54, 1.807) is 12.1 Å². The molecule has 1 atom stereocenters. The smallest absolute Gasteiger partial charge is 0.225 e. The van der Waals surface area contributed by atoms with Crippen LogP contribution in [0.2, 0.25) is 0 Å². The second-order valence-corrected chi connectivity index (χ2v) is 6.40. The number of hydrogen-bond donors (Lipinski definition) is 0. The van der Waals surface area contributed by atoms with Crippen LogP contribution in [0, 0.1) is 23.0 Å². The van der Waals surface area contributed by atoms with Crippen LogP contribution >= 0.6 is 12.4 Å². The first-order valence-electron chi connectivity index (χ1n) is 8.74. The van der Waals surface area contributed by atoms with Gasteiger partial charge in [0.15, 0.2) is 5.82 Å². The molecule has 1 aliphatic rings. The quantitative estimate of drug-likeness (QED) is 0.778. The number of anilines is 1. The molecule has 1 aromatic carbocycles. The summed E-state index contributed by atoms with van der Waals surface area (Å²) in [4.78, 5) is 12.2. The number of nitrogens with zero attached hydrogens (tertiary/aromatic N) is 5. The van der Waals surface area contributed by atoms with Gasteiger partial charge in [-0.3, -0.25) is 4.90 Å². The Kier molecular flexibility index (Phi) is 7.05. The molecular formula is C19H22ClF2N5. The van der Waals surface area contributed by atoms with Gasteiger partial charge in [-0.05, 0) is 24.1 Å². The zero-order valence-corrected chi connectivity index (χ0v) is 15.9. The largest absolute Gasteiger partial charge is 0.338 e. The van der Waals surface area contributed by atoms with Crippen LogP contribution in [0.1, 0.15) is 25.3 Å². The minimum atomic E-state index is -0.780. The highest BCUT2D eigenvalue weighted by atomic mass is 35.5. The topological polar surface area (TPSA) is 56.1 Å². The van der Waals surface area contributed by atoms with Crippen molar-refractivity contribution in [3.63, 3.8) is 0 Å². The number of hydrogen-bond acceptors (Lipinski definition) is 5. The van der Waals surface area contributed by atoms with Crippen molar-refractivity contribution in [2.45, 2.75) is 25.3 Å². The van der Waals surface area contributed by atoms with E-state index in [4.69, 9.17) is 0 Å². The van der Waals surface area contributed by atoms with Gasteiger partial charge in [0.2, 0.25) is 5.95 Å². The molecule has 144 valence electrons. The summed E-state index contributed by atoms with van der Waals surface area (Å²) in [6.45, 7) is 4.61. The van der Waals surface area contributed by atoms with Crippen LogP contribution in [0.25, 0.3) is 0 Å². The second-order valence-electron chi connectivity index (χ2n) is 6.40. The zero-order valence-electron chi connectivity index (χ0n) is 15.1. The maximum absolute atomic E-state index is 13.3. The van der Waals surface area contributed by atoms with E-state index in [1.165, 1.54) is 12.1 Å². The number of benzene rings is 1.